The van der Waals surface area contributed by atoms with Gasteiger partial charge in [0.25, 0.3) is 11.6 Å². The normalized spacial score (nSPS) is 10.9. The molecule has 1 aromatic heterocycles. The van der Waals surface area contributed by atoms with Crippen LogP contribution in [0.25, 0.3) is 11.0 Å². The Morgan fingerprint density at radius 3 is 2.86 bits per heavy atom. The minimum Gasteiger partial charge on any atom is -0.484 e. The fourth-order valence-corrected chi connectivity index (χ4v) is 2.51. The Hall–Kier alpha value is -4.01. The van der Waals surface area contributed by atoms with E-state index in [0.29, 0.717) is 11.3 Å². The highest BCUT2D eigenvalue weighted by atomic mass is 16.6. The van der Waals surface area contributed by atoms with Crippen molar-refractivity contribution in [3.63, 3.8) is 0 Å². The van der Waals surface area contributed by atoms with Crippen LogP contribution in [0.1, 0.15) is 11.1 Å². The Morgan fingerprint density at radius 1 is 1.29 bits per heavy atom. The van der Waals surface area contributed by atoms with Gasteiger partial charge in [0.2, 0.25) is 0 Å². The number of nitrogens with one attached hydrogen (secondary N) is 1. The molecule has 28 heavy (non-hydrogen) atoms. The highest BCUT2D eigenvalue weighted by Gasteiger charge is 2.10. The summed E-state index contributed by atoms with van der Waals surface area (Å²) >= 11 is 0. The van der Waals surface area contributed by atoms with E-state index in [0.717, 1.165) is 10.9 Å². The van der Waals surface area contributed by atoms with Crippen LogP contribution in [0.2, 0.25) is 0 Å². The number of aryl methyl sites for hydroxylation is 1. The second-order valence-electron chi connectivity index (χ2n) is 5.80. The molecular weight excluding hydrogens is 366 g/mol. The van der Waals surface area contributed by atoms with Crippen molar-refractivity contribution in [2.45, 2.75) is 6.92 Å². The molecule has 0 radical (unpaired) electrons. The summed E-state index contributed by atoms with van der Waals surface area (Å²) in [5.74, 6) is -0.209. The molecule has 2 aromatic carbocycles. The molecule has 0 unspecified atom stereocenters. The van der Waals surface area contributed by atoms with Gasteiger partial charge in [-0.3, -0.25) is 14.9 Å². The van der Waals surface area contributed by atoms with Gasteiger partial charge < -0.3 is 9.15 Å². The molecule has 0 saturated heterocycles. The molecule has 9 heteroatoms. The zero-order chi connectivity index (χ0) is 20.1. The number of nitrogens with zero attached hydrogens (tertiary/aromatic N) is 2. The molecule has 142 valence electrons. The lowest BCUT2D eigenvalue weighted by Crippen LogP contribution is -2.24. The minimum absolute atomic E-state index is 0.121. The van der Waals surface area contributed by atoms with Gasteiger partial charge in [0.1, 0.15) is 11.3 Å². The van der Waals surface area contributed by atoms with Gasteiger partial charge in [-0.2, -0.15) is 5.10 Å². The van der Waals surface area contributed by atoms with Crippen LogP contribution in [-0.2, 0) is 4.79 Å². The average Bonchev–Trinajstić information content (AvgIpc) is 2.66. The molecule has 9 nitrogen and oxygen atoms in total. The van der Waals surface area contributed by atoms with Crippen LogP contribution < -0.4 is 15.8 Å². The van der Waals surface area contributed by atoms with E-state index in [1.807, 2.05) is 0 Å². The predicted molar refractivity (Wildman–Crippen MR) is 102 cm³/mol. The maximum atomic E-state index is 11.8. The molecular formula is C19H15N3O6. The van der Waals surface area contributed by atoms with E-state index in [2.05, 4.69) is 10.5 Å². The van der Waals surface area contributed by atoms with E-state index < -0.39 is 16.5 Å². The van der Waals surface area contributed by atoms with Gasteiger partial charge in [0, 0.05) is 23.6 Å². The fourth-order valence-electron chi connectivity index (χ4n) is 2.51. The number of rotatable bonds is 6. The van der Waals surface area contributed by atoms with Crippen LogP contribution in [0.15, 0.2) is 62.8 Å². The molecule has 1 amide bonds. The Kier molecular flexibility index (Phi) is 5.45. The van der Waals surface area contributed by atoms with Crippen molar-refractivity contribution >= 4 is 28.8 Å². The number of fused-ring (bicyclic) bond motifs is 1. The first-order chi connectivity index (χ1) is 13.4. The molecule has 0 bridgehead atoms. The molecule has 0 saturated carbocycles. The van der Waals surface area contributed by atoms with Gasteiger partial charge in [0.05, 0.1) is 16.7 Å². The molecule has 3 aromatic rings. The van der Waals surface area contributed by atoms with Gasteiger partial charge >= 0.3 is 5.63 Å². The summed E-state index contributed by atoms with van der Waals surface area (Å²) in [6, 6.07) is 12.3. The number of hydrogen-bond donors (Lipinski definition) is 1. The Balaban J connectivity index is 1.61. The third-order valence-corrected chi connectivity index (χ3v) is 3.82. The van der Waals surface area contributed by atoms with E-state index in [9.17, 15) is 19.7 Å². The number of ether oxygens (including phenoxy) is 1. The third kappa shape index (κ3) is 4.39. The van der Waals surface area contributed by atoms with Crippen molar-refractivity contribution in [1.29, 1.82) is 0 Å². The molecule has 0 aliphatic carbocycles. The van der Waals surface area contributed by atoms with Crippen LogP contribution in [0.3, 0.4) is 0 Å². The largest absolute Gasteiger partial charge is 0.484 e. The predicted octanol–water partition coefficient (Wildman–Crippen LogP) is 2.54. The van der Waals surface area contributed by atoms with E-state index in [1.54, 1.807) is 25.1 Å². The highest BCUT2D eigenvalue weighted by Crippen LogP contribution is 2.22. The van der Waals surface area contributed by atoms with Crippen molar-refractivity contribution in [1.82, 2.24) is 5.43 Å². The molecule has 0 aliphatic heterocycles. The van der Waals surface area contributed by atoms with E-state index in [4.69, 9.17) is 9.15 Å². The lowest BCUT2D eigenvalue weighted by Gasteiger charge is -2.06. The molecule has 0 spiro atoms. The van der Waals surface area contributed by atoms with Crippen LogP contribution in [0.4, 0.5) is 5.69 Å². The van der Waals surface area contributed by atoms with Gasteiger partial charge in [0.15, 0.2) is 6.61 Å². The summed E-state index contributed by atoms with van der Waals surface area (Å²) in [4.78, 5) is 33.7. The summed E-state index contributed by atoms with van der Waals surface area (Å²) in [7, 11) is 0. The summed E-state index contributed by atoms with van der Waals surface area (Å²) in [6.07, 6.45) is 1.18. The van der Waals surface area contributed by atoms with E-state index in [1.165, 1.54) is 36.5 Å². The molecule has 0 atom stereocenters. The maximum absolute atomic E-state index is 11.8. The second kappa shape index (κ2) is 8.12. The van der Waals surface area contributed by atoms with Crippen molar-refractivity contribution in [3.05, 3.63) is 80.2 Å². The first-order valence-electron chi connectivity index (χ1n) is 8.16. The lowest BCUT2D eigenvalue weighted by molar-refractivity contribution is -0.385. The van der Waals surface area contributed by atoms with Crippen LogP contribution >= 0.6 is 0 Å². The SMILES string of the molecule is Cc1cc(=O)oc2cc(OCC(=O)N/N=C\c3ccccc3[N+](=O)[O-])ccc12. The quantitative estimate of drug-likeness (QED) is 0.303. The summed E-state index contributed by atoms with van der Waals surface area (Å²) in [5, 5.41) is 15.4. The smallest absolute Gasteiger partial charge is 0.336 e. The van der Waals surface area contributed by atoms with Gasteiger partial charge in [-0.05, 0) is 30.7 Å². The zero-order valence-electron chi connectivity index (χ0n) is 14.7. The van der Waals surface area contributed by atoms with Crippen molar-refractivity contribution in [2.75, 3.05) is 6.61 Å². The number of carbonyl (C=O) groups excluding carboxylic acids is 1. The van der Waals surface area contributed by atoms with Crippen molar-refractivity contribution < 1.29 is 18.9 Å². The van der Waals surface area contributed by atoms with E-state index in [-0.39, 0.29) is 17.9 Å². The van der Waals surface area contributed by atoms with Crippen molar-refractivity contribution in [2.24, 2.45) is 5.10 Å². The molecule has 0 fully saturated rings. The molecule has 1 heterocycles. The molecule has 0 aliphatic rings. The van der Waals surface area contributed by atoms with E-state index >= 15 is 0 Å². The number of hydrogen-bond acceptors (Lipinski definition) is 7. The number of para-hydroxylation sites is 1. The molecule has 3 rings (SSSR count). The zero-order valence-corrected chi connectivity index (χ0v) is 14.7. The van der Waals surface area contributed by atoms with Gasteiger partial charge in [-0.1, -0.05) is 12.1 Å². The number of benzene rings is 2. The second-order valence-corrected chi connectivity index (χ2v) is 5.80. The van der Waals surface area contributed by atoms with Crippen LogP contribution in [0.5, 0.6) is 5.75 Å². The van der Waals surface area contributed by atoms with Gasteiger partial charge in [-0.15, -0.1) is 0 Å². The first kappa shape index (κ1) is 18.8. The summed E-state index contributed by atoms with van der Waals surface area (Å²) < 4.78 is 10.5. The average molecular weight is 381 g/mol. The lowest BCUT2D eigenvalue weighted by atomic mass is 10.1. The Bertz CT molecular complexity index is 1140. The number of nitro groups is 1. The van der Waals surface area contributed by atoms with Gasteiger partial charge in [-0.25, -0.2) is 10.2 Å². The van der Waals surface area contributed by atoms with Crippen LogP contribution in [-0.4, -0.2) is 23.7 Å². The number of nitro benzene ring substituents is 1. The Morgan fingerprint density at radius 2 is 2.07 bits per heavy atom. The number of carbonyl (C=O) groups is 1. The standard InChI is InChI=1S/C19H15N3O6/c1-12-8-19(24)28-17-9-14(6-7-15(12)17)27-11-18(23)21-20-10-13-4-2-3-5-16(13)22(25)26/h2-10H,11H2,1H3,(H,21,23)/b20-10-. The topological polar surface area (TPSA) is 124 Å². The third-order valence-electron chi connectivity index (χ3n) is 3.82. The first-order valence-corrected chi connectivity index (χ1v) is 8.16. The fraction of sp³-hybridized carbons (Fsp3) is 0.105. The number of hydrazone groups is 1. The Labute approximate surface area is 158 Å². The number of amides is 1. The summed E-state index contributed by atoms with van der Waals surface area (Å²) in [6.45, 7) is 1.46. The molecule has 1 N–H and O–H groups in total. The monoisotopic (exact) mass is 381 g/mol. The minimum atomic E-state index is -0.555. The maximum Gasteiger partial charge on any atom is 0.336 e. The summed E-state index contributed by atoms with van der Waals surface area (Å²) in [5.41, 5.74) is 3.04. The van der Waals surface area contributed by atoms with Crippen molar-refractivity contribution in [3.8, 4) is 5.75 Å². The highest BCUT2D eigenvalue weighted by molar-refractivity contribution is 5.87. The van der Waals surface area contributed by atoms with Crippen LogP contribution in [0, 0.1) is 17.0 Å².